The molecule has 0 bridgehead atoms. The summed E-state index contributed by atoms with van der Waals surface area (Å²) in [5.41, 5.74) is -0.697. The maximum absolute atomic E-state index is 12.3. The molecule has 0 aromatic heterocycles. The first kappa shape index (κ1) is 12.8. The molecule has 0 rings (SSSR count). The second-order valence-corrected chi connectivity index (χ2v) is 3.58. The van der Waals surface area contributed by atoms with Gasteiger partial charge in [-0.2, -0.15) is 18.4 Å². The minimum atomic E-state index is -4.36. The summed E-state index contributed by atoms with van der Waals surface area (Å²) in [6.45, 7) is 1.81. The van der Waals surface area contributed by atoms with Crippen molar-refractivity contribution in [3.05, 3.63) is 9.15 Å². The second kappa shape index (κ2) is 5.47. The van der Waals surface area contributed by atoms with Crippen molar-refractivity contribution < 1.29 is 13.2 Å². The van der Waals surface area contributed by atoms with Gasteiger partial charge in [-0.05, 0) is 35.4 Å². The van der Waals surface area contributed by atoms with E-state index in [1.165, 1.54) is 28.7 Å². The van der Waals surface area contributed by atoms with Gasteiger partial charge < -0.3 is 0 Å². The highest BCUT2D eigenvalue weighted by molar-refractivity contribution is 14.1. The molecule has 0 aromatic rings. The van der Waals surface area contributed by atoms with Gasteiger partial charge in [0.2, 0.25) is 0 Å². The molecule has 0 aliphatic carbocycles. The van der Waals surface area contributed by atoms with Gasteiger partial charge in [0.15, 0.2) is 0 Å². The lowest BCUT2D eigenvalue weighted by atomic mass is 10.1. The molecule has 0 amide bonds. The summed E-state index contributed by atoms with van der Waals surface area (Å²) in [6, 6.07) is 1.53. The maximum atomic E-state index is 12.3. The third-order valence-corrected chi connectivity index (χ3v) is 2.38. The normalized spacial score (nSPS) is 13.5. The Bertz CT molecular complexity index is 237. The molecule has 0 saturated heterocycles. The van der Waals surface area contributed by atoms with Crippen LogP contribution in [-0.2, 0) is 0 Å². The number of unbranched alkanes of at least 4 members (excludes halogenated alkanes) is 1. The van der Waals surface area contributed by atoms with Crippen molar-refractivity contribution in [3.63, 3.8) is 0 Å². The summed E-state index contributed by atoms with van der Waals surface area (Å²) in [5, 5.41) is 8.35. The Morgan fingerprint density at radius 2 is 2.00 bits per heavy atom. The third kappa shape index (κ3) is 4.50. The lowest BCUT2D eigenvalue weighted by Crippen LogP contribution is -2.13. The zero-order chi connectivity index (χ0) is 10.5. The first-order valence-electron chi connectivity index (χ1n) is 3.79. The Balaban J connectivity index is 4.70. The van der Waals surface area contributed by atoms with Crippen LogP contribution in [0.25, 0.3) is 0 Å². The number of hydrogen-bond acceptors (Lipinski definition) is 1. The average molecular weight is 303 g/mol. The van der Waals surface area contributed by atoms with Crippen LogP contribution in [0.2, 0.25) is 0 Å². The van der Waals surface area contributed by atoms with E-state index in [0.29, 0.717) is 12.8 Å². The molecular weight excluding hydrogens is 294 g/mol. The van der Waals surface area contributed by atoms with Crippen molar-refractivity contribution in [2.24, 2.45) is 0 Å². The van der Waals surface area contributed by atoms with Crippen molar-refractivity contribution in [3.8, 4) is 6.07 Å². The average Bonchev–Trinajstić information content (AvgIpc) is 2.02. The zero-order valence-electron chi connectivity index (χ0n) is 7.08. The topological polar surface area (TPSA) is 23.8 Å². The minimum absolute atomic E-state index is 0.0637. The second-order valence-electron chi connectivity index (χ2n) is 2.51. The van der Waals surface area contributed by atoms with Gasteiger partial charge in [0.25, 0.3) is 0 Å². The third-order valence-electron chi connectivity index (χ3n) is 1.49. The monoisotopic (exact) mass is 303 g/mol. The maximum Gasteiger partial charge on any atom is 0.414 e. The number of nitrogens with zero attached hydrogens (tertiary/aromatic N) is 1. The first-order valence-corrected chi connectivity index (χ1v) is 4.87. The fourth-order valence-corrected chi connectivity index (χ4v) is 1.37. The zero-order valence-corrected chi connectivity index (χ0v) is 9.24. The Labute approximate surface area is 88.8 Å². The number of rotatable bonds is 3. The molecule has 0 N–H and O–H groups in total. The Kier molecular flexibility index (Phi) is 5.37. The van der Waals surface area contributed by atoms with E-state index >= 15 is 0 Å². The van der Waals surface area contributed by atoms with Crippen molar-refractivity contribution in [1.82, 2.24) is 0 Å². The van der Waals surface area contributed by atoms with Crippen LogP contribution in [0.1, 0.15) is 26.2 Å². The molecule has 0 saturated carbocycles. The molecule has 0 atom stereocenters. The standard InChI is InChI=1S/C8H9F3IN/c1-2-3-4-6(7(12)5-13)8(9,10)11/h2-4H2,1H3/b7-6+. The summed E-state index contributed by atoms with van der Waals surface area (Å²) in [4.78, 5) is 0. The van der Waals surface area contributed by atoms with E-state index in [-0.39, 0.29) is 10.0 Å². The number of nitriles is 1. The summed E-state index contributed by atoms with van der Waals surface area (Å²) < 4.78 is 36.5. The van der Waals surface area contributed by atoms with Gasteiger partial charge in [-0.25, -0.2) is 0 Å². The molecule has 5 heteroatoms. The van der Waals surface area contributed by atoms with Crippen LogP contribution in [0, 0.1) is 11.3 Å². The fourth-order valence-electron chi connectivity index (χ4n) is 0.797. The summed E-state index contributed by atoms with van der Waals surface area (Å²) in [5.74, 6) is 0. The predicted octanol–water partition coefficient (Wildman–Crippen LogP) is 3.95. The molecular formula is C8H9F3IN. The molecule has 0 radical (unpaired) electrons. The lowest BCUT2D eigenvalue weighted by Gasteiger charge is -2.10. The van der Waals surface area contributed by atoms with E-state index in [2.05, 4.69) is 0 Å². The highest BCUT2D eigenvalue weighted by Gasteiger charge is 2.35. The van der Waals surface area contributed by atoms with Crippen LogP contribution in [0.15, 0.2) is 9.15 Å². The molecule has 0 aromatic carbocycles. The predicted molar refractivity (Wildman–Crippen MR) is 52.2 cm³/mol. The number of hydrogen-bond donors (Lipinski definition) is 0. The molecule has 0 heterocycles. The molecule has 0 unspecified atom stereocenters. The summed E-state index contributed by atoms with van der Waals surface area (Å²) >= 11 is 1.43. The number of allylic oxidation sites excluding steroid dienone is 2. The van der Waals surface area contributed by atoms with Crippen LogP contribution in [0.3, 0.4) is 0 Å². The van der Waals surface area contributed by atoms with Gasteiger partial charge in [-0.15, -0.1) is 0 Å². The van der Waals surface area contributed by atoms with Crippen LogP contribution < -0.4 is 0 Å². The molecule has 0 fully saturated rings. The highest BCUT2D eigenvalue weighted by Crippen LogP contribution is 2.33. The molecule has 13 heavy (non-hydrogen) atoms. The Morgan fingerprint density at radius 1 is 1.46 bits per heavy atom. The minimum Gasteiger partial charge on any atom is -0.192 e. The summed E-state index contributed by atoms with van der Waals surface area (Å²) in [6.07, 6.45) is -3.27. The first-order chi connectivity index (χ1) is 5.93. The van der Waals surface area contributed by atoms with Crippen molar-refractivity contribution >= 4 is 22.6 Å². The van der Waals surface area contributed by atoms with Gasteiger partial charge in [0.1, 0.15) is 6.07 Å². The summed E-state index contributed by atoms with van der Waals surface area (Å²) in [7, 11) is 0. The molecule has 1 nitrogen and oxygen atoms in total. The van der Waals surface area contributed by atoms with E-state index in [1.807, 2.05) is 6.92 Å². The number of alkyl halides is 3. The smallest absolute Gasteiger partial charge is 0.192 e. The quantitative estimate of drug-likeness (QED) is 0.572. The van der Waals surface area contributed by atoms with Crippen LogP contribution in [-0.4, -0.2) is 6.18 Å². The van der Waals surface area contributed by atoms with Crippen LogP contribution in [0.5, 0.6) is 0 Å². The van der Waals surface area contributed by atoms with Crippen molar-refractivity contribution in [1.29, 1.82) is 5.26 Å². The van der Waals surface area contributed by atoms with E-state index in [4.69, 9.17) is 5.26 Å². The van der Waals surface area contributed by atoms with E-state index in [9.17, 15) is 13.2 Å². The lowest BCUT2D eigenvalue weighted by molar-refractivity contribution is -0.0941. The van der Waals surface area contributed by atoms with Gasteiger partial charge in [-0.3, -0.25) is 0 Å². The van der Waals surface area contributed by atoms with Crippen molar-refractivity contribution in [2.45, 2.75) is 32.4 Å². The van der Waals surface area contributed by atoms with E-state index in [1.54, 1.807) is 0 Å². The van der Waals surface area contributed by atoms with Gasteiger partial charge in [0.05, 0.1) is 9.15 Å². The Hall–Kier alpha value is -0.250. The molecule has 0 aliphatic heterocycles. The SMILES string of the molecule is CCCC/C(=C(\I)C#N)C(F)(F)F. The van der Waals surface area contributed by atoms with Crippen LogP contribution in [0.4, 0.5) is 13.2 Å². The van der Waals surface area contributed by atoms with E-state index in [0.717, 1.165) is 0 Å². The molecule has 0 aliphatic rings. The molecule has 74 valence electrons. The van der Waals surface area contributed by atoms with E-state index < -0.39 is 11.7 Å². The van der Waals surface area contributed by atoms with Crippen LogP contribution >= 0.6 is 22.6 Å². The molecule has 0 spiro atoms. The number of halogens is 4. The highest BCUT2D eigenvalue weighted by atomic mass is 127. The Morgan fingerprint density at radius 3 is 2.31 bits per heavy atom. The largest absolute Gasteiger partial charge is 0.414 e. The van der Waals surface area contributed by atoms with Gasteiger partial charge in [-0.1, -0.05) is 13.3 Å². The fraction of sp³-hybridized carbons (Fsp3) is 0.625. The van der Waals surface area contributed by atoms with Gasteiger partial charge in [0, 0.05) is 0 Å². The van der Waals surface area contributed by atoms with Gasteiger partial charge >= 0.3 is 6.18 Å². The van der Waals surface area contributed by atoms with Crippen molar-refractivity contribution in [2.75, 3.05) is 0 Å².